The van der Waals surface area contributed by atoms with Gasteiger partial charge in [-0.05, 0) is 36.1 Å². The monoisotopic (exact) mass is 367 g/mol. The highest BCUT2D eigenvalue weighted by atomic mass is 32.2. The van der Waals surface area contributed by atoms with E-state index < -0.39 is 10.0 Å². The van der Waals surface area contributed by atoms with Crippen molar-refractivity contribution >= 4 is 21.4 Å². The average molecular weight is 368 g/mol. The van der Waals surface area contributed by atoms with Crippen molar-refractivity contribution in [2.75, 3.05) is 33.3 Å². The van der Waals surface area contributed by atoms with Crippen molar-refractivity contribution in [3.8, 4) is 5.75 Å². The number of piperazine rings is 1. The quantitative estimate of drug-likeness (QED) is 0.863. The van der Waals surface area contributed by atoms with Crippen LogP contribution in [0.15, 0.2) is 40.6 Å². The van der Waals surface area contributed by atoms with Gasteiger partial charge in [0.25, 0.3) is 0 Å². The molecule has 2 heterocycles. The molecule has 0 unspecified atom stereocenters. The zero-order valence-electron chi connectivity index (χ0n) is 14.0. The van der Waals surface area contributed by atoms with E-state index >= 15 is 0 Å². The fraction of sp³-hybridized carbons (Fsp3) is 0.412. The number of nitrogens with zero attached hydrogens (tertiary/aromatic N) is 1. The second-order valence-electron chi connectivity index (χ2n) is 6.06. The van der Waals surface area contributed by atoms with Crippen molar-refractivity contribution in [1.29, 1.82) is 0 Å². The van der Waals surface area contributed by atoms with Gasteiger partial charge >= 0.3 is 0 Å². The Bertz CT molecular complexity index is 780. The summed E-state index contributed by atoms with van der Waals surface area (Å²) in [5.74, 6) is 0.411. The van der Waals surface area contributed by atoms with E-state index in [4.69, 9.17) is 4.74 Å². The minimum absolute atomic E-state index is 0.270. The largest absolute Gasteiger partial charge is 0.495 e. The van der Waals surface area contributed by atoms with Crippen molar-refractivity contribution in [2.45, 2.75) is 18.4 Å². The summed E-state index contributed by atoms with van der Waals surface area (Å²) in [4.78, 5) is 3.05. The molecule has 0 atom stereocenters. The van der Waals surface area contributed by atoms with Crippen LogP contribution in [0.1, 0.15) is 10.4 Å². The molecule has 3 rings (SSSR count). The topological polar surface area (TPSA) is 51.1 Å². The number of rotatable bonds is 5. The minimum atomic E-state index is -3.52. The molecular weight excluding hydrogens is 344 g/mol. The van der Waals surface area contributed by atoms with Crippen LogP contribution >= 0.6 is 11.3 Å². The molecule has 0 aliphatic carbocycles. The van der Waals surface area contributed by atoms with Crippen molar-refractivity contribution in [2.24, 2.45) is 0 Å². The lowest BCUT2D eigenvalue weighted by Crippen LogP contribution is -3.13. The molecule has 24 heavy (non-hydrogen) atoms. The third-order valence-corrected chi connectivity index (χ3v) is 7.17. The highest BCUT2D eigenvalue weighted by molar-refractivity contribution is 7.89. The standard InChI is InChI=1S/C17H22N2O3S2/c1-14-5-6-16(22-2)17(12-14)24(20,21)19-9-7-18(8-10-19)13-15-4-3-11-23-15/h3-6,11-12H,7-10,13H2,1-2H3/p+1. The lowest BCUT2D eigenvalue weighted by Gasteiger charge is -2.31. The van der Waals surface area contributed by atoms with Crippen LogP contribution in [0.25, 0.3) is 0 Å². The zero-order chi connectivity index (χ0) is 17.2. The Morgan fingerprint density at radius 1 is 1.25 bits per heavy atom. The van der Waals surface area contributed by atoms with Crippen LogP contribution in [-0.2, 0) is 16.6 Å². The fourth-order valence-corrected chi connectivity index (χ4v) is 5.46. The average Bonchev–Trinajstić information content (AvgIpc) is 3.08. The Morgan fingerprint density at radius 3 is 2.62 bits per heavy atom. The number of sulfonamides is 1. The SMILES string of the molecule is COc1ccc(C)cc1S(=O)(=O)N1CC[NH+](Cc2cccs2)CC1. The zero-order valence-corrected chi connectivity index (χ0v) is 15.6. The van der Waals surface area contributed by atoms with E-state index in [0.29, 0.717) is 18.8 Å². The van der Waals surface area contributed by atoms with Crippen molar-refractivity contribution in [1.82, 2.24) is 4.31 Å². The van der Waals surface area contributed by atoms with E-state index in [1.165, 1.54) is 16.9 Å². The second kappa shape index (κ2) is 7.23. The maximum Gasteiger partial charge on any atom is 0.247 e. The van der Waals surface area contributed by atoms with Gasteiger partial charge in [-0.25, -0.2) is 8.42 Å². The highest BCUT2D eigenvalue weighted by Crippen LogP contribution is 2.27. The Balaban J connectivity index is 1.72. The molecule has 0 bridgehead atoms. The molecule has 0 spiro atoms. The fourth-order valence-electron chi connectivity index (χ4n) is 3.00. The van der Waals surface area contributed by atoms with E-state index in [1.54, 1.807) is 27.8 Å². The van der Waals surface area contributed by atoms with Crippen LogP contribution in [0, 0.1) is 6.92 Å². The van der Waals surface area contributed by atoms with E-state index in [2.05, 4.69) is 17.5 Å². The maximum atomic E-state index is 13.0. The summed E-state index contributed by atoms with van der Waals surface area (Å²) >= 11 is 1.76. The van der Waals surface area contributed by atoms with Crippen LogP contribution in [0.2, 0.25) is 0 Å². The molecule has 1 aromatic heterocycles. The number of hydrogen-bond donors (Lipinski definition) is 1. The van der Waals surface area contributed by atoms with Gasteiger partial charge in [0.1, 0.15) is 17.2 Å². The minimum Gasteiger partial charge on any atom is -0.495 e. The van der Waals surface area contributed by atoms with Gasteiger partial charge in [-0.1, -0.05) is 12.1 Å². The summed E-state index contributed by atoms with van der Waals surface area (Å²) in [6.07, 6.45) is 0. The first-order valence-electron chi connectivity index (χ1n) is 8.01. The first-order valence-corrected chi connectivity index (χ1v) is 10.3. The Morgan fingerprint density at radius 2 is 2.00 bits per heavy atom. The molecule has 5 nitrogen and oxygen atoms in total. The predicted molar refractivity (Wildman–Crippen MR) is 95.2 cm³/mol. The van der Waals surface area contributed by atoms with Crippen LogP contribution in [0.5, 0.6) is 5.75 Å². The third kappa shape index (κ3) is 3.64. The van der Waals surface area contributed by atoms with Gasteiger partial charge in [0.15, 0.2) is 0 Å². The molecule has 1 N–H and O–H groups in total. The number of hydrogen-bond acceptors (Lipinski definition) is 4. The number of nitrogens with one attached hydrogen (secondary N) is 1. The number of benzene rings is 1. The normalized spacial score (nSPS) is 17.1. The molecule has 1 aliphatic heterocycles. The van der Waals surface area contributed by atoms with Crippen molar-refractivity contribution in [3.63, 3.8) is 0 Å². The Hall–Kier alpha value is -1.41. The molecule has 1 saturated heterocycles. The highest BCUT2D eigenvalue weighted by Gasteiger charge is 2.32. The van der Waals surface area contributed by atoms with Gasteiger partial charge in [-0.3, -0.25) is 0 Å². The Kier molecular flexibility index (Phi) is 5.24. The van der Waals surface area contributed by atoms with E-state index in [9.17, 15) is 8.42 Å². The molecule has 0 radical (unpaired) electrons. The van der Waals surface area contributed by atoms with Crippen LogP contribution in [-0.4, -0.2) is 46.0 Å². The first-order chi connectivity index (χ1) is 11.5. The van der Waals surface area contributed by atoms with Gasteiger partial charge in [-0.2, -0.15) is 4.31 Å². The summed E-state index contributed by atoms with van der Waals surface area (Å²) in [6.45, 7) is 5.59. The van der Waals surface area contributed by atoms with Crippen LogP contribution < -0.4 is 9.64 Å². The summed E-state index contributed by atoms with van der Waals surface area (Å²) in [5.41, 5.74) is 0.913. The molecule has 1 aromatic carbocycles. The van der Waals surface area contributed by atoms with Crippen LogP contribution in [0.3, 0.4) is 0 Å². The summed E-state index contributed by atoms with van der Waals surface area (Å²) < 4.78 is 32.8. The smallest absolute Gasteiger partial charge is 0.247 e. The molecule has 2 aromatic rings. The number of ether oxygens (including phenoxy) is 1. The molecule has 7 heteroatoms. The van der Waals surface area contributed by atoms with Crippen molar-refractivity contribution in [3.05, 3.63) is 46.2 Å². The number of aryl methyl sites for hydroxylation is 1. The van der Waals surface area contributed by atoms with Gasteiger partial charge < -0.3 is 9.64 Å². The maximum absolute atomic E-state index is 13.0. The van der Waals surface area contributed by atoms with E-state index in [-0.39, 0.29) is 4.90 Å². The summed E-state index contributed by atoms with van der Waals surface area (Å²) in [7, 11) is -2.01. The first kappa shape index (κ1) is 17.4. The second-order valence-corrected chi connectivity index (χ2v) is 9.00. The van der Waals surface area contributed by atoms with Gasteiger partial charge in [-0.15, -0.1) is 11.3 Å². The molecule has 130 valence electrons. The van der Waals surface area contributed by atoms with E-state index in [0.717, 1.165) is 25.2 Å². The molecule has 0 saturated carbocycles. The molecule has 1 aliphatic rings. The van der Waals surface area contributed by atoms with Crippen molar-refractivity contribution < 1.29 is 18.1 Å². The van der Waals surface area contributed by atoms with Crippen LogP contribution in [0.4, 0.5) is 0 Å². The lowest BCUT2D eigenvalue weighted by molar-refractivity contribution is -0.917. The summed E-state index contributed by atoms with van der Waals surface area (Å²) in [5, 5.41) is 2.08. The van der Waals surface area contributed by atoms with Gasteiger partial charge in [0, 0.05) is 0 Å². The van der Waals surface area contributed by atoms with E-state index in [1.807, 2.05) is 13.0 Å². The predicted octanol–water partition coefficient (Wildman–Crippen LogP) is 1.15. The number of methoxy groups -OCH3 is 1. The molecule has 0 amide bonds. The lowest BCUT2D eigenvalue weighted by atomic mass is 10.2. The number of quaternary nitrogens is 1. The van der Waals surface area contributed by atoms with Gasteiger partial charge in [0.2, 0.25) is 10.0 Å². The van der Waals surface area contributed by atoms with Gasteiger partial charge in [0.05, 0.1) is 38.2 Å². The molecule has 1 fully saturated rings. The third-order valence-electron chi connectivity index (χ3n) is 4.37. The summed E-state index contributed by atoms with van der Waals surface area (Å²) in [6, 6.07) is 9.48. The number of thiophene rings is 1. The Labute approximate surface area is 147 Å². The molecular formula is C17H23N2O3S2+.